The van der Waals surface area contributed by atoms with Gasteiger partial charge in [0.15, 0.2) is 0 Å². The van der Waals surface area contributed by atoms with Gasteiger partial charge in [-0.2, -0.15) is 0 Å². The second-order valence-electron chi connectivity index (χ2n) is 2.86. The molecule has 0 saturated carbocycles. The molecule has 14 heavy (non-hydrogen) atoms. The van der Waals surface area contributed by atoms with Crippen molar-refractivity contribution in [1.29, 1.82) is 0 Å². The van der Waals surface area contributed by atoms with Crippen LogP contribution in [0.1, 0.15) is 0 Å². The largest absolute Gasteiger partial charge is 0.350 e. The number of nitrogens with zero attached hydrogens (tertiary/aromatic N) is 1. The molecule has 2 rings (SSSR count). The Balaban J connectivity index is 2.52. The average Bonchev–Trinajstić information content (AvgIpc) is 2.47. The Labute approximate surface area is 85.2 Å². The Kier molecular flexibility index (Phi) is 2.05. The molecule has 0 aliphatic rings. The third-order valence-corrected chi connectivity index (χ3v) is 2.12. The summed E-state index contributed by atoms with van der Waals surface area (Å²) >= 11 is 5.81. The van der Waals surface area contributed by atoms with Crippen molar-refractivity contribution in [2.24, 2.45) is 5.73 Å². The van der Waals surface area contributed by atoms with Gasteiger partial charge in [-0.15, -0.1) is 0 Å². The minimum Gasteiger partial charge on any atom is -0.350 e. The lowest BCUT2D eigenvalue weighted by Crippen LogP contribution is -2.27. The third-order valence-electron chi connectivity index (χ3n) is 1.88. The van der Waals surface area contributed by atoms with Crippen LogP contribution in [0, 0.1) is 0 Å². The van der Waals surface area contributed by atoms with Gasteiger partial charge >= 0.3 is 6.03 Å². The maximum Gasteiger partial charge on any atom is 0.331 e. The summed E-state index contributed by atoms with van der Waals surface area (Å²) in [5.41, 5.74) is 8.32. The van der Waals surface area contributed by atoms with Crippen LogP contribution in [0.25, 0.3) is 10.9 Å². The second kappa shape index (κ2) is 3.23. The highest BCUT2D eigenvalue weighted by atomic mass is 35.5. The van der Waals surface area contributed by atoms with Gasteiger partial charge in [-0.05, 0) is 24.3 Å². The summed E-state index contributed by atoms with van der Waals surface area (Å²) in [6.45, 7) is 0. The van der Waals surface area contributed by atoms with E-state index in [0.29, 0.717) is 5.02 Å². The van der Waals surface area contributed by atoms with Crippen LogP contribution in [0.5, 0.6) is 0 Å². The Morgan fingerprint density at radius 2 is 2.21 bits per heavy atom. The Morgan fingerprint density at radius 1 is 1.43 bits per heavy atom. The third kappa shape index (κ3) is 1.52. The number of carbonyl (C=O) groups is 1. The van der Waals surface area contributed by atoms with Crippen LogP contribution in [-0.2, 0) is 0 Å². The van der Waals surface area contributed by atoms with E-state index in [1.165, 1.54) is 0 Å². The number of rotatable bonds is 1. The van der Waals surface area contributed by atoms with Crippen molar-refractivity contribution in [3.8, 4) is 0 Å². The van der Waals surface area contributed by atoms with Crippen molar-refractivity contribution in [1.82, 2.24) is 4.68 Å². The fraction of sp³-hybridized carbons (Fsp3) is 0. The fourth-order valence-corrected chi connectivity index (χ4v) is 1.51. The second-order valence-corrected chi connectivity index (χ2v) is 3.30. The summed E-state index contributed by atoms with van der Waals surface area (Å²) in [6.07, 6.45) is 1.71. The van der Waals surface area contributed by atoms with Gasteiger partial charge in [0, 0.05) is 16.6 Å². The maximum absolute atomic E-state index is 10.6. The Morgan fingerprint density at radius 3 is 2.93 bits per heavy atom. The van der Waals surface area contributed by atoms with E-state index in [0.717, 1.165) is 10.9 Å². The van der Waals surface area contributed by atoms with E-state index < -0.39 is 6.03 Å². The molecule has 0 fully saturated rings. The predicted octanol–water partition coefficient (Wildman–Crippen LogP) is 1.92. The highest BCUT2D eigenvalue weighted by Gasteiger charge is 2.01. The van der Waals surface area contributed by atoms with E-state index in [4.69, 9.17) is 17.3 Å². The summed E-state index contributed by atoms with van der Waals surface area (Å²) < 4.78 is 1.55. The van der Waals surface area contributed by atoms with Crippen molar-refractivity contribution >= 4 is 28.5 Å². The average molecular weight is 210 g/mol. The van der Waals surface area contributed by atoms with E-state index in [9.17, 15) is 4.79 Å². The molecule has 0 saturated heterocycles. The zero-order valence-corrected chi connectivity index (χ0v) is 7.95. The molecular weight excluding hydrogens is 202 g/mol. The molecule has 0 bridgehead atoms. The Hall–Kier alpha value is -1.68. The first-order chi connectivity index (χ1) is 6.66. The highest BCUT2D eigenvalue weighted by molar-refractivity contribution is 6.31. The van der Waals surface area contributed by atoms with E-state index in [2.05, 4.69) is 5.43 Å². The van der Waals surface area contributed by atoms with Gasteiger partial charge in [-0.3, -0.25) is 4.68 Å². The van der Waals surface area contributed by atoms with E-state index in [1.807, 2.05) is 18.2 Å². The van der Waals surface area contributed by atoms with Crippen LogP contribution < -0.4 is 11.2 Å². The van der Waals surface area contributed by atoms with Gasteiger partial charge in [0.25, 0.3) is 0 Å². The van der Waals surface area contributed by atoms with Crippen LogP contribution in [0.15, 0.2) is 30.5 Å². The van der Waals surface area contributed by atoms with E-state index in [-0.39, 0.29) is 0 Å². The molecule has 5 heteroatoms. The molecule has 0 aliphatic heterocycles. The number of hydrogen-bond donors (Lipinski definition) is 2. The van der Waals surface area contributed by atoms with Crippen LogP contribution in [0.4, 0.5) is 4.79 Å². The number of fused-ring (bicyclic) bond motifs is 1. The summed E-state index contributed by atoms with van der Waals surface area (Å²) in [5.74, 6) is 0. The van der Waals surface area contributed by atoms with Crippen molar-refractivity contribution in [3.05, 3.63) is 35.5 Å². The van der Waals surface area contributed by atoms with E-state index in [1.54, 1.807) is 16.9 Å². The molecule has 2 amide bonds. The summed E-state index contributed by atoms with van der Waals surface area (Å²) in [7, 11) is 0. The summed E-state index contributed by atoms with van der Waals surface area (Å²) in [5, 5.41) is 1.61. The SMILES string of the molecule is NC(=O)Nn1ccc2cc(Cl)ccc21. The molecule has 0 aliphatic carbocycles. The number of nitrogens with one attached hydrogen (secondary N) is 1. The van der Waals surface area contributed by atoms with Crippen LogP contribution >= 0.6 is 11.6 Å². The minimum absolute atomic E-state index is 0.600. The number of carbonyl (C=O) groups excluding carboxylic acids is 1. The molecule has 1 heterocycles. The van der Waals surface area contributed by atoms with Gasteiger partial charge in [-0.25, -0.2) is 10.2 Å². The number of benzene rings is 1. The van der Waals surface area contributed by atoms with Crippen LogP contribution in [-0.4, -0.2) is 10.7 Å². The molecule has 0 atom stereocenters. The van der Waals surface area contributed by atoms with Crippen molar-refractivity contribution in [3.63, 3.8) is 0 Å². The number of aromatic nitrogens is 1. The lowest BCUT2D eigenvalue weighted by Gasteiger charge is -2.04. The van der Waals surface area contributed by atoms with Crippen LogP contribution in [0.2, 0.25) is 5.02 Å². The van der Waals surface area contributed by atoms with Gasteiger partial charge in [0.2, 0.25) is 0 Å². The Bertz CT molecular complexity index is 492. The fourth-order valence-electron chi connectivity index (χ4n) is 1.33. The first-order valence-corrected chi connectivity index (χ1v) is 4.38. The molecule has 72 valence electrons. The monoisotopic (exact) mass is 209 g/mol. The smallest absolute Gasteiger partial charge is 0.331 e. The molecular formula is C9H8ClN3O. The number of primary amides is 1. The molecule has 0 spiro atoms. The first-order valence-electron chi connectivity index (χ1n) is 4.00. The number of hydrogen-bond acceptors (Lipinski definition) is 1. The molecule has 3 N–H and O–H groups in total. The summed E-state index contributed by atoms with van der Waals surface area (Å²) in [4.78, 5) is 10.6. The number of amides is 2. The van der Waals surface area contributed by atoms with Gasteiger partial charge < -0.3 is 5.73 Å². The molecule has 1 aromatic heterocycles. The molecule has 0 radical (unpaired) electrons. The summed E-state index contributed by atoms with van der Waals surface area (Å²) in [6, 6.07) is 6.63. The topological polar surface area (TPSA) is 60.1 Å². The molecule has 1 aromatic carbocycles. The predicted molar refractivity (Wildman–Crippen MR) is 55.9 cm³/mol. The highest BCUT2D eigenvalue weighted by Crippen LogP contribution is 2.19. The van der Waals surface area contributed by atoms with Gasteiger partial charge in [0.1, 0.15) is 0 Å². The standard InChI is InChI=1S/C9H8ClN3O/c10-7-1-2-8-6(5-7)3-4-13(8)12-9(11)14/h1-5H,(H3,11,12,14). The zero-order chi connectivity index (χ0) is 10.1. The number of halogens is 1. The van der Waals surface area contributed by atoms with Crippen molar-refractivity contribution in [2.75, 3.05) is 5.43 Å². The molecule has 2 aromatic rings. The normalized spacial score (nSPS) is 10.4. The van der Waals surface area contributed by atoms with Crippen molar-refractivity contribution < 1.29 is 4.79 Å². The van der Waals surface area contributed by atoms with Gasteiger partial charge in [0.05, 0.1) is 5.52 Å². The van der Waals surface area contributed by atoms with Gasteiger partial charge in [-0.1, -0.05) is 11.6 Å². The van der Waals surface area contributed by atoms with Crippen LogP contribution in [0.3, 0.4) is 0 Å². The van der Waals surface area contributed by atoms with E-state index >= 15 is 0 Å². The molecule has 4 nitrogen and oxygen atoms in total. The minimum atomic E-state index is -0.600. The number of nitrogens with two attached hydrogens (primary N) is 1. The zero-order valence-electron chi connectivity index (χ0n) is 7.20. The lowest BCUT2D eigenvalue weighted by molar-refractivity contribution is 0.257. The van der Waals surface area contributed by atoms with Crippen molar-refractivity contribution in [2.45, 2.75) is 0 Å². The quantitative estimate of drug-likeness (QED) is 0.741. The lowest BCUT2D eigenvalue weighted by atomic mass is 10.2. The molecule has 0 unspecified atom stereocenters. The number of urea groups is 1. The maximum atomic E-state index is 10.6. The first kappa shape index (κ1) is 8.90.